The molecule has 38 heavy (non-hydrogen) atoms. The lowest BCUT2D eigenvalue weighted by Crippen LogP contribution is -2.30. The number of rotatable bonds is 6. The average molecular weight is 532 g/mol. The first-order chi connectivity index (χ1) is 18.2. The van der Waals surface area contributed by atoms with Crippen molar-refractivity contribution < 1.29 is 24.2 Å². The number of hydrogen-bond acceptors (Lipinski definition) is 6. The molecule has 194 valence electrons. The predicted molar refractivity (Wildman–Crippen MR) is 146 cm³/mol. The summed E-state index contributed by atoms with van der Waals surface area (Å²) in [6, 6.07) is 16.4. The first-order valence-electron chi connectivity index (χ1n) is 12.1. The first-order valence-corrected chi connectivity index (χ1v) is 12.4. The van der Waals surface area contributed by atoms with Crippen LogP contribution >= 0.6 is 11.6 Å². The third-order valence-electron chi connectivity index (χ3n) is 6.29. The van der Waals surface area contributed by atoms with E-state index < -0.39 is 17.7 Å². The number of benzene rings is 3. The van der Waals surface area contributed by atoms with E-state index in [0.29, 0.717) is 27.6 Å². The van der Waals surface area contributed by atoms with E-state index in [-0.39, 0.29) is 28.9 Å². The molecular formula is C29H26ClN3O5. The van der Waals surface area contributed by atoms with Gasteiger partial charge in [0.05, 0.1) is 40.9 Å². The molecule has 1 aliphatic heterocycles. The molecule has 1 amide bonds. The number of carbonyl (C=O) groups is 2. The molecule has 1 fully saturated rings. The highest BCUT2D eigenvalue weighted by atomic mass is 35.5. The summed E-state index contributed by atoms with van der Waals surface area (Å²) in [6.45, 7) is 5.80. The Kier molecular flexibility index (Phi) is 6.59. The van der Waals surface area contributed by atoms with E-state index in [2.05, 4.69) is 9.97 Å². The zero-order valence-corrected chi connectivity index (χ0v) is 22.0. The number of aryl methyl sites for hydroxylation is 1. The van der Waals surface area contributed by atoms with Gasteiger partial charge in [-0.1, -0.05) is 29.8 Å². The number of aliphatic hydroxyl groups is 1. The maximum atomic E-state index is 13.5. The van der Waals surface area contributed by atoms with E-state index in [4.69, 9.17) is 21.1 Å². The number of aromatic amines is 1. The van der Waals surface area contributed by atoms with Gasteiger partial charge in [0.25, 0.3) is 5.78 Å². The number of methoxy groups -OCH3 is 1. The maximum absolute atomic E-state index is 13.5. The second-order valence-electron chi connectivity index (χ2n) is 9.34. The molecule has 3 aromatic carbocycles. The van der Waals surface area contributed by atoms with Gasteiger partial charge >= 0.3 is 5.91 Å². The van der Waals surface area contributed by atoms with Crippen LogP contribution < -0.4 is 14.4 Å². The molecule has 9 heteroatoms. The Morgan fingerprint density at radius 1 is 1.08 bits per heavy atom. The largest absolute Gasteiger partial charge is 0.507 e. The van der Waals surface area contributed by atoms with Gasteiger partial charge in [-0.2, -0.15) is 0 Å². The summed E-state index contributed by atoms with van der Waals surface area (Å²) in [5, 5.41) is 11.7. The van der Waals surface area contributed by atoms with Gasteiger partial charge in [-0.05, 0) is 74.4 Å². The van der Waals surface area contributed by atoms with Crippen LogP contribution in [0.3, 0.4) is 0 Å². The Balaban J connectivity index is 1.70. The third-order valence-corrected chi connectivity index (χ3v) is 6.60. The van der Waals surface area contributed by atoms with Gasteiger partial charge in [-0.3, -0.25) is 14.5 Å². The van der Waals surface area contributed by atoms with Gasteiger partial charge < -0.3 is 19.6 Å². The number of imidazole rings is 1. The molecule has 1 unspecified atom stereocenters. The summed E-state index contributed by atoms with van der Waals surface area (Å²) in [7, 11) is 1.45. The zero-order chi connectivity index (χ0) is 27.1. The summed E-state index contributed by atoms with van der Waals surface area (Å²) in [5.74, 6) is -0.823. The standard InChI is InChI=1S/C29H26ClN3O5/c1-15(2)38-19-9-6-17(7-10-19)25-24(26(34)18-8-11-20(30)23(14-18)37-4)27(35)28(36)33(25)29-31-21-12-5-16(3)13-22(21)32-29/h5-15,25,34H,1-4H3,(H,31,32)/b26-24+. The van der Waals surface area contributed by atoms with E-state index in [1.807, 2.05) is 39.0 Å². The number of aromatic nitrogens is 2. The maximum Gasteiger partial charge on any atom is 0.302 e. The Morgan fingerprint density at radius 2 is 1.82 bits per heavy atom. The highest BCUT2D eigenvalue weighted by molar-refractivity contribution is 6.51. The Bertz CT molecular complexity index is 1590. The van der Waals surface area contributed by atoms with Gasteiger partial charge in [0.15, 0.2) is 0 Å². The fraction of sp³-hybridized carbons (Fsp3) is 0.207. The van der Waals surface area contributed by atoms with Crippen molar-refractivity contribution in [2.45, 2.75) is 32.9 Å². The van der Waals surface area contributed by atoms with Gasteiger partial charge in [-0.15, -0.1) is 0 Å². The zero-order valence-electron chi connectivity index (χ0n) is 21.3. The summed E-state index contributed by atoms with van der Waals surface area (Å²) in [4.78, 5) is 36.0. The molecular weight excluding hydrogens is 506 g/mol. The Labute approximate surface area is 224 Å². The minimum absolute atomic E-state index is 0.0228. The van der Waals surface area contributed by atoms with Crippen molar-refractivity contribution in [3.05, 3.63) is 87.9 Å². The van der Waals surface area contributed by atoms with Crippen molar-refractivity contribution in [2.24, 2.45) is 0 Å². The van der Waals surface area contributed by atoms with Crippen LogP contribution in [-0.2, 0) is 9.59 Å². The fourth-order valence-corrected chi connectivity index (χ4v) is 4.75. The summed E-state index contributed by atoms with van der Waals surface area (Å²) in [6.07, 6.45) is -0.0228. The van der Waals surface area contributed by atoms with Gasteiger partial charge in [0.2, 0.25) is 5.95 Å². The van der Waals surface area contributed by atoms with Crippen LogP contribution in [0.1, 0.15) is 36.6 Å². The second kappa shape index (κ2) is 9.87. The second-order valence-corrected chi connectivity index (χ2v) is 9.74. The number of fused-ring (bicyclic) bond motifs is 1. The molecule has 8 nitrogen and oxygen atoms in total. The lowest BCUT2D eigenvalue weighted by Gasteiger charge is -2.23. The van der Waals surface area contributed by atoms with Crippen molar-refractivity contribution >= 4 is 46.0 Å². The van der Waals surface area contributed by atoms with Gasteiger partial charge in [-0.25, -0.2) is 4.98 Å². The predicted octanol–water partition coefficient (Wildman–Crippen LogP) is 5.95. The molecule has 2 heterocycles. The van der Waals surface area contributed by atoms with Crippen molar-refractivity contribution in [1.29, 1.82) is 0 Å². The average Bonchev–Trinajstić information content (AvgIpc) is 3.41. The van der Waals surface area contributed by atoms with Crippen LogP contribution in [0.2, 0.25) is 5.02 Å². The number of ether oxygens (including phenoxy) is 2. The van der Waals surface area contributed by atoms with Crippen molar-refractivity contribution in [2.75, 3.05) is 12.0 Å². The third kappa shape index (κ3) is 4.48. The molecule has 1 aromatic heterocycles. The van der Waals surface area contributed by atoms with Crippen LogP contribution in [0.4, 0.5) is 5.95 Å². The van der Waals surface area contributed by atoms with E-state index in [9.17, 15) is 14.7 Å². The molecule has 0 saturated carbocycles. The van der Waals surface area contributed by atoms with Crippen molar-refractivity contribution in [3.63, 3.8) is 0 Å². The fourth-order valence-electron chi connectivity index (χ4n) is 4.55. The number of Topliss-reactive ketones (excluding diaryl/α,β-unsaturated/α-hetero) is 1. The number of carbonyl (C=O) groups excluding carboxylic acids is 2. The van der Waals surface area contributed by atoms with Crippen LogP contribution in [0.25, 0.3) is 16.8 Å². The number of aliphatic hydroxyl groups excluding tert-OH is 1. The van der Waals surface area contributed by atoms with Crippen molar-refractivity contribution in [3.8, 4) is 11.5 Å². The molecule has 0 spiro atoms. The van der Waals surface area contributed by atoms with E-state index in [1.165, 1.54) is 18.1 Å². The highest BCUT2D eigenvalue weighted by Crippen LogP contribution is 2.42. The number of ketones is 1. The molecule has 1 aliphatic rings. The van der Waals surface area contributed by atoms with E-state index in [0.717, 1.165) is 11.1 Å². The van der Waals surface area contributed by atoms with Crippen LogP contribution in [0.5, 0.6) is 11.5 Å². The normalized spacial score (nSPS) is 17.0. The molecule has 0 bridgehead atoms. The highest BCUT2D eigenvalue weighted by Gasteiger charge is 2.48. The number of nitrogens with zero attached hydrogens (tertiary/aromatic N) is 2. The lowest BCUT2D eigenvalue weighted by molar-refractivity contribution is -0.132. The SMILES string of the molecule is COc1cc(/C(O)=C2\C(=O)C(=O)N(c3nc4ccc(C)cc4[nH]3)C2c2ccc(OC(C)C)cc2)ccc1Cl. The monoisotopic (exact) mass is 531 g/mol. The molecule has 4 aromatic rings. The number of H-pyrrole nitrogens is 1. The van der Waals surface area contributed by atoms with Crippen molar-refractivity contribution in [1.82, 2.24) is 9.97 Å². The molecule has 0 radical (unpaired) electrons. The van der Waals surface area contributed by atoms with E-state index >= 15 is 0 Å². The number of amides is 1. The number of hydrogen-bond donors (Lipinski definition) is 2. The molecule has 1 saturated heterocycles. The molecule has 5 rings (SSSR count). The lowest BCUT2D eigenvalue weighted by atomic mass is 9.95. The van der Waals surface area contributed by atoms with Crippen LogP contribution in [0.15, 0.2) is 66.2 Å². The quantitative estimate of drug-likeness (QED) is 0.181. The summed E-state index contributed by atoms with van der Waals surface area (Å²) < 4.78 is 11.0. The topological polar surface area (TPSA) is 105 Å². The van der Waals surface area contributed by atoms with Crippen LogP contribution in [0, 0.1) is 6.92 Å². The number of halogens is 1. The Morgan fingerprint density at radius 3 is 2.50 bits per heavy atom. The number of anilines is 1. The van der Waals surface area contributed by atoms with Gasteiger partial charge in [0, 0.05) is 5.56 Å². The first kappa shape index (κ1) is 25.4. The van der Waals surface area contributed by atoms with Gasteiger partial charge in [0.1, 0.15) is 17.3 Å². The molecule has 2 N–H and O–H groups in total. The summed E-state index contributed by atoms with van der Waals surface area (Å²) in [5.41, 5.74) is 3.20. The minimum atomic E-state index is -0.952. The Hall–Kier alpha value is -4.30. The van der Waals surface area contributed by atoms with E-state index in [1.54, 1.807) is 36.4 Å². The number of nitrogens with one attached hydrogen (secondary N) is 1. The minimum Gasteiger partial charge on any atom is -0.507 e. The molecule has 0 aliphatic carbocycles. The smallest absolute Gasteiger partial charge is 0.302 e. The molecule has 1 atom stereocenters. The van der Waals surface area contributed by atoms with Crippen LogP contribution in [-0.4, -0.2) is 40.0 Å². The summed E-state index contributed by atoms with van der Waals surface area (Å²) >= 11 is 6.16.